The van der Waals surface area contributed by atoms with Crippen LogP contribution >= 0.6 is 0 Å². The molecule has 1 saturated heterocycles. The van der Waals surface area contributed by atoms with E-state index >= 15 is 0 Å². The fourth-order valence-electron chi connectivity index (χ4n) is 1.90. The quantitative estimate of drug-likeness (QED) is 0.629. The van der Waals surface area contributed by atoms with Crippen LogP contribution in [0.25, 0.3) is 0 Å². The van der Waals surface area contributed by atoms with Gasteiger partial charge in [-0.05, 0) is 44.2 Å². The summed E-state index contributed by atoms with van der Waals surface area (Å²) < 4.78 is 5.63. The highest BCUT2D eigenvalue weighted by Gasteiger charge is 2.14. The maximum absolute atomic E-state index is 5.63. The molecule has 0 aromatic carbocycles. The standard InChI is InChI=1S/C13H27NO/c1-12(2)6-10-15-11-9-14-7-4-13(3)5-8-14/h12-13H,4-11H2,1-3H3. The van der Waals surface area contributed by atoms with Crippen molar-refractivity contribution in [1.29, 1.82) is 0 Å². The summed E-state index contributed by atoms with van der Waals surface area (Å²) in [4.78, 5) is 2.54. The second-order valence-corrected chi connectivity index (χ2v) is 5.32. The summed E-state index contributed by atoms with van der Waals surface area (Å²) in [5.74, 6) is 1.70. The van der Waals surface area contributed by atoms with Crippen molar-refractivity contribution in [3.8, 4) is 0 Å². The van der Waals surface area contributed by atoms with Crippen LogP contribution in [-0.4, -0.2) is 37.7 Å². The Morgan fingerprint density at radius 3 is 2.47 bits per heavy atom. The summed E-state index contributed by atoms with van der Waals surface area (Å²) in [5.41, 5.74) is 0. The fourth-order valence-corrected chi connectivity index (χ4v) is 1.90. The molecule has 0 saturated carbocycles. The van der Waals surface area contributed by atoms with Crippen molar-refractivity contribution in [3.05, 3.63) is 0 Å². The second kappa shape index (κ2) is 7.24. The average molecular weight is 213 g/mol. The second-order valence-electron chi connectivity index (χ2n) is 5.32. The van der Waals surface area contributed by atoms with Gasteiger partial charge in [0.05, 0.1) is 6.61 Å². The van der Waals surface area contributed by atoms with Gasteiger partial charge in [0, 0.05) is 13.2 Å². The molecule has 0 aromatic heterocycles. The molecule has 2 nitrogen and oxygen atoms in total. The van der Waals surface area contributed by atoms with Crippen LogP contribution in [0.4, 0.5) is 0 Å². The Labute approximate surface area is 95.0 Å². The zero-order valence-corrected chi connectivity index (χ0v) is 10.7. The predicted octanol–water partition coefficient (Wildman–Crippen LogP) is 2.78. The maximum atomic E-state index is 5.63. The van der Waals surface area contributed by atoms with Gasteiger partial charge in [0.15, 0.2) is 0 Å². The van der Waals surface area contributed by atoms with E-state index in [1.165, 1.54) is 32.4 Å². The number of nitrogens with zero attached hydrogens (tertiary/aromatic N) is 1. The van der Waals surface area contributed by atoms with E-state index in [4.69, 9.17) is 4.74 Å². The normalized spacial score (nSPS) is 20.0. The lowest BCUT2D eigenvalue weighted by atomic mass is 9.99. The van der Waals surface area contributed by atoms with Crippen LogP contribution in [0.1, 0.15) is 40.0 Å². The first-order valence-electron chi connectivity index (χ1n) is 6.48. The van der Waals surface area contributed by atoms with Gasteiger partial charge in [-0.2, -0.15) is 0 Å². The van der Waals surface area contributed by atoms with E-state index in [-0.39, 0.29) is 0 Å². The monoisotopic (exact) mass is 213 g/mol. The number of ether oxygens (including phenoxy) is 1. The Bertz CT molecular complexity index is 151. The molecule has 90 valence electrons. The number of likely N-dealkylation sites (tertiary alicyclic amines) is 1. The summed E-state index contributed by atoms with van der Waals surface area (Å²) in [5, 5.41) is 0. The fraction of sp³-hybridized carbons (Fsp3) is 1.00. The summed E-state index contributed by atoms with van der Waals surface area (Å²) in [6.45, 7) is 12.4. The molecule has 0 unspecified atom stereocenters. The van der Waals surface area contributed by atoms with E-state index in [2.05, 4.69) is 25.7 Å². The molecule has 0 atom stereocenters. The minimum atomic E-state index is 0.765. The van der Waals surface area contributed by atoms with Crippen molar-refractivity contribution in [2.45, 2.75) is 40.0 Å². The Hall–Kier alpha value is -0.0800. The molecule has 0 N–H and O–H groups in total. The van der Waals surface area contributed by atoms with Crippen LogP contribution in [0.2, 0.25) is 0 Å². The van der Waals surface area contributed by atoms with Gasteiger partial charge >= 0.3 is 0 Å². The number of piperidine rings is 1. The molecular weight excluding hydrogens is 186 g/mol. The smallest absolute Gasteiger partial charge is 0.0593 e. The first-order valence-corrected chi connectivity index (χ1v) is 6.48. The third kappa shape index (κ3) is 6.16. The lowest BCUT2D eigenvalue weighted by Gasteiger charge is -2.29. The van der Waals surface area contributed by atoms with Crippen molar-refractivity contribution in [2.24, 2.45) is 11.8 Å². The van der Waals surface area contributed by atoms with Crippen LogP contribution in [0.15, 0.2) is 0 Å². The van der Waals surface area contributed by atoms with Gasteiger partial charge in [-0.15, -0.1) is 0 Å². The predicted molar refractivity (Wildman–Crippen MR) is 65.1 cm³/mol. The molecule has 0 spiro atoms. The summed E-state index contributed by atoms with van der Waals surface area (Å²) in [6.07, 6.45) is 3.93. The summed E-state index contributed by atoms with van der Waals surface area (Å²) >= 11 is 0. The van der Waals surface area contributed by atoms with Gasteiger partial charge in [0.1, 0.15) is 0 Å². The van der Waals surface area contributed by atoms with Gasteiger partial charge in [-0.25, -0.2) is 0 Å². The zero-order valence-electron chi connectivity index (χ0n) is 10.7. The first-order chi connectivity index (χ1) is 7.18. The van der Waals surface area contributed by atoms with Gasteiger partial charge < -0.3 is 9.64 Å². The van der Waals surface area contributed by atoms with Crippen molar-refractivity contribution >= 4 is 0 Å². The van der Waals surface area contributed by atoms with E-state index in [1.807, 2.05) is 0 Å². The third-order valence-electron chi connectivity index (χ3n) is 3.27. The van der Waals surface area contributed by atoms with Crippen LogP contribution in [0.3, 0.4) is 0 Å². The minimum absolute atomic E-state index is 0.765. The molecule has 1 heterocycles. The third-order valence-corrected chi connectivity index (χ3v) is 3.27. The Balaban J connectivity index is 1.91. The molecule has 1 rings (SSSR count). The van der Waals surface area contributed by atoms with Crippen LogP contribution < -0.4 is 0 Å². The van der Waals surface area contributed by atoms with E-state index < -0.39 is 0 Å². The first kappa shape index (κ1) is 13.0. The van der Waals surface area contributed by atoms with Gasteiger partial charge in [0.25, 0.3) is 0 Å². The van der Waals surface area contributed by atoms with Crippen molar-refractivity contribution in [1.82, 2.24) is 4.90 Å². The number of rotatable bonds is 6. The molecule has 0 bridgehead atoms. The van der Waals surface area contributed by atoms with E-state index in [1.54, 1.807) is 0 Å². The molecular formula is C13H27NO. The van der Waals surface area contributed by atoms with Crippen LogP contribution in [-0.2, 0) is 4.74 Å². The topological polar surface area (TPSA) is 12.5 Å². The minimum Gasteiger partial charge on any atom is -0.380 e. The zero-order chi connectivity index (χ0) is 11.1. The molecule has 2 heteroatoms. The Kier molecular flexibility index (Phi) is 6.26. The van der Waals surface area contributed by atoms with Crippen LogP contribution in [0, 0.1) is 11.8 Å². The van der Waals surface area contributed by atoms with Crippen molar-refractivity contribution < 1.29 is 4.74 Å². The molecule has 0 amide bonds. The molecule has 1 aliphatic rings. The molecule has 0 aromatic rings. The van der Waals surface area contributed by atoms with E-state index in [0.29, 0.717) is 0 Å². The highest BCUT2D eigenvalue weighted by molar-refractivity contribution is 4.68. The molecule has 0 radical (unpaired) electrons. The van der Waals surface area contributed by atoms with E-state index in [0.717, 1.165) is 31.6 Å². The van der Waals surface area contributed by atoms with Crippen molar-refractivity contribution in [3.63, 3.8) is 0 Å². The number of hydrogen-bond acceptors (Lipinski definition) is 2. The summed E-state index contributed by atoms with van der Waals surface area (Å²) in [7, 11) is 0. The molecule has 1 fully saturated rings. The van der Waals surface area contributed by atoms with Gasteiger partial charge in [-0.1, -0.05) is 20.8 Å². The summed E-state index contributed by atoms with van der Waals surface area (Å²) in [6, 6.07) is 0. The Morgan fingerprint density at radius 2 is 1.87 bits per heavy atom. The molecule has 0 aliphatic carbocycles. The van der Waals surface area contributed by atoms with Gasteiger partial charge in [-0.3, -0.25) is 0 Å². The Morgan fingerprint density at radius 1 is 1.20 bits per heavy atom. The molecule has 15 heavy (non-hydrogen) atoms. The number of hydrogen-bond donors (Lipinski definition) is 0. The molecule has 1 aliphatic heterocycles. The van der Waals surface area contributed by atoms with Gasteiger partial charge in [0.2, 0.25) is 0 Å². The van der Waals surface area contributed by atoms with Crippen molar-refractivity contribution in [2.75, 3.05) is 32.8 Å². The SMILES string of the molecule is CC(C)CCOCCN1CCC(C)CC1. The average Bonchev–Trinajstić information content (AvgIpc) is 2.20. The maximum Gasteiger partial charge on any atom is 0.0593 e. The van der Waals surface area contributed by atoms with E-state index in [9.17, 15) is 0 Å². The lowest BCUT2D eigenvalue weighted by Crippen LogP contribution is -2.35. The lowest BCUT2D eigenvalue weighted by molar-refractivity contribution is 0.0840. The largest absolute Gasteiger partial charge is 0.380 e. The highest BCUT2D eigenvalue weighted by atomic mass is 16.5. The highest BCUT2D eigenvalue weighted by Crippen LogP contribution is 2.15. The van der Waals surface area contributed by atoms with Crippen LogP contribution in [0.5, 0.6) is 0 Å².